The van der Waals surface area contributed by atoms with Crippen LogP contribution in [0.3, 0.4) is 0 Å². The third-order valence-corrected chi connectivity index (χ3v) is 2.76. The lowest BCUT2D eigenvalue weighted by Gasteiger charge is -2.09. The number of amides is 2. The summed E-state index contributed by atoms with van der Waals surface area (Å²) in [5.74, 6) is 0. The lowest BCUT2D eigenvalue weighted by molar-refractivity contribution is 0.254. The smallest absolute Gasteiger partial charge is 0.324 e. The molecule has 0 saturated carbocycles. The molecule has 0 saturated heterocycles. The number of benzene rings is 1. The van der Waals surface area contributed by atoms with Gasteiger partial charge in [-0.25, -0.2) is 4.79 Å². The van der Waals surface area contributed by atoms with Crippen molar-refractivity contribution in [2.45, 2.75) is 0 Å². The molecule has 0 bridgehead atoms. The molecule has 19 heavy (non-hydrogen) atoms. The van der Waals surface area contributed by atoms with E-state index in [1.54, 1.807) is 24.3 Å². The molecule has 96 valence electrons. The van der Waals surface area contributed by atoms with Crippen LogP contribution in [0.25, 0.3) is 0 Å². The molecule has 2 amide bonds. The van der Waals surface area contributed by atoms with E-state index in [1.165, 1.54) is 6.07 Å². The number of rotatable bonds is 2. The third kappa shape index (κ3) is 3.78. The van der Waals surface area contributed by atoms with Crippen LogP contribution in [-0.2, 0) is 0 Å². The Balaban J connectivity index is 2.86. The van der Waals surface area contributed by atoms with E-state index in [4.69, 9.17) is 39.5 Å². The zero-order valence-corrected chi connectivity index (χ0v) is 10.9. The molecule has 0 radical (unpaired) electrons. The lowest BCUT2D eigenvalue weighted by atomic mass is 10.3. The number of nitriles is 2. The van der Waals surface area contributed by atoms with Gasteiger partial charge in [-0.15, -0.1) is 0 Å². The highest BCUT2D eigenvalue weighted by Crippen LogP contribution is 2.29. The number of halogens is 2. The molecule has 1 aromatic rings. The number of nitrogens with zero attached hydrogens (tertiary/aromatic N) is 2. The zero-order valence-electron chi connectivity index (χ0n) is 9.37. The van der Waals surface area contributed by atoms with Crippen LogP contribution in [-0.4, -0.2) is 6.03 Å². The fraction of sp³-hybridized carbons (Fsp3) is 0. The molecule has 0 aromatic heterocycles. The predicted octanol–water partition coefficient (Wildman–Crippen LogP) is 2.33. The second kappa shape index (κ2) is 6.50. The van der Waals surface area contributed by atoms with Crippen molar-refractivity contribution in [1.82, 2.24) is 5.32 Å². The molecule has 1 rings (SSSR count). The summed E-state index contributed by atoms with van der Waals surface area (Å²) in [7, 11) is 0. The van der Waals surface area contributed by atoms with Crippen LogP contribution in [0, 0.1) is 22.7 Å². The van der Waals surface area contributed by atoms with Crippen molar-refractivity contribution in [3.63, 3.8) is 0 Å². The van der Waals surface area contributed by atoms with Gasteiger partial charge in [0.15, 0.2) is 5.70 Å². The summed E-state index contributed by atoms with van der Waals surface area (Å²) in [6.07, 6.45) is 0. The minimum atomic E-state index is -0.765. The van der Waals surface area contributed by atoms with Crippen LogP contribution in [0.15, 0.2) is 29.6 Å². The number of hydrogen-bond donors (Lipinski definition) is 3. The van der Waals surface area contributed by atoms with Crippen LogP contribution in [0.2, 0.25) is 10.0 Å². The van der Waals surface area contributed by atoms with Gasteiger partial charge >= 0.3 is 6.03 Å². The van der Waals surface area contributed by atoms with Crippen LogP contribution >= 0.6 is 23.2 Å². The molecule has 0 unspecified atom stereocenters. The van der Waals surface area contributed by atoms with Crippen molar-refractivity contribution in [3.05, 3.63) is 39.6 Å². The molecular formula is C11H7Cl2N5O. The van der Waals surface area contributed by atoms with E-state index in [2.05, 4.69) is 10.6 Å². The van der Waals surface area contributed by atoms with E-state index in [9.17, 15) is 4.79 Å². The maximum absolute atomic E-state index is 11.6. The Kier molecular flexibility index (Phi) is 5.01. The Morgan fingerprint density at radius 2 is 1.95 bits per heavy atom. The Hall–Kier alpha value is -2.41. The fourth-order valence-corrected chi connectivity index (χ4v) is 1.43. The summed E-state index contributed by atoms with van der Waals surface area (Å²) >= 11 is 11.6. The predicted molar refractivity (Wildman–Crippen MR) is 71.1 cm³/mol. The molecule has 0 aliphatic heterocycles. The number of carbonyl (C=O) groups is 1. The average molecular weight is 296 g/mol. The summed E-state index contributed by atoms with van der Waals surface area (Å²) < 4.78 is 0. The van der Waals surface area contributed by atoms with Crippen molar-refractivity contribution < 1.29 is 4.79 Å². The van der Waals surface area contributed by atoms with Gasteiger partial charge in [0, 0.05) is 0 Å². The van der Waals surface area contributed by atoms with Crippen LogP contribution in [0.4, 0.5) is 10.5 Å². The first kappa shape index (κ1) is 14.7. The number of hydrogen-bond acceptors (Lipinski definition) is 4. The third-order valence-electron chi connectivity index (χ3n) is 1.94. The first-order valence-corrected chi connectivity index (χ1v) is 5.57. The molecule has 1 aromatic carbocycles. The van der Waals surface area contributed by atoms with Crippen LogP contribution in [0.1, 0.15) is 0 Å². The largest absolute Gasteiger partial charge is 0.388 e. The SMILES string of the molecule is N#C/C(N)=C(\C#N)NC(=O)Nc1cccc(Cl)c1Cl. The first-order valence-electron chi connectivity index (χ1n) is 4.81. The first-order chi connectivity index (χ1) is 8.99. The van der Waals surface area contributed by atoms with E-state index in [0.29, 0.717) is 0 Å². The Morgan fingerprint density at radius 3 is 2.53 bits per heavy atom. The Morgan fingerprint density at radius 1 is 1.26 bits per heavy atom. The second-order valence-corrected chi connectivity index (χ2v) is 3.98. The Labute approximate surface area is 119 Å². The fourth-order valence-electron chi connectivity index (χ4n) is 1.08. The minimum absolute atomic E-state index is 0.162. The summed E-state index contributed by atoms with van der Waals surface area (Å²) in [4.78, 5) is 11.6. The summed E-state index contributed by atoms with van der Waals surface area (Å²) in [6.45, 7) is 0. The summed E-state index contributed by atoms with van der Waals surface area (Å²) in [6, 6.07) is 7.06. The molecular weight excluding hydrogens is 289 g/mol. The topological polar surface area (TPSA) is 115 Å². The number of anilines is 1. The van der Waals surface area contributed by atoms with Crippen molar-refractivity contribution in [2.75, 3.05) is 5.32 Å². The van der Waals surface area contributed by atoms with Crippen LogP contribution < -0.4 is 16.4 Å². The van der Waals surface area contributed by atoms with Crippen molar-refractivity contribution >= 4 is 34.9 Å². The van der Waals surface area contributed by atoms with Gasteiger partial charge in [0.2, 0.25) is 0 Å². The average Bonchev–Trinajstić information content (AvgIpc) is 2.40. The van der Waals surface area contributed by atoms with Gasteiger partial charge in [0.1, 0.15) is 17.8 Å². The molecule has 0 heterocycles. The molecule has 6 nitrogen and oxygen atoms in total. The molecule has 0 aliphatic rings. The monoisotopic (exact) mass is 295 g/mol. The summed E-state index contributed by atoms with van der Waals surface area (Å²) in [5.41, 5.74) is 4.75. The van der Waals surface area contributed by atoms with Gasteiger partial charge in [0.05, 0.1) is 15.7 Å². The van der Waals surface area contributed by atoms with Gasteiger partial charge in [0.25, 0.3) is 0 Å². The molecule has 0 spiro atoms. The molecule has 0 fully saturated rings. The number of allylic oxidation sites excluding steroid dienone is 2. The van der Waals surface area contributed by atoms with Crippen molar-refractivity contribution in [2.24, 2.45) is 5.73 Å². The summed E-state index contributed by atoms with van der Waals surface area (Å²) in [5, 5.41) is 22.2. The molecule has 8 heteroatoms. The van der Waals surface area contributed by atoms with E-state index in [-0.39, 0.29) is 21.4 Å². The maximum Gasteiger partial charge on any atom is 0.324 e. The van der Waals surface area contributed by atoms with Crippen molar-refractivity contribution in [1.29, 1.82) is 10.5 Å². The molecule has 4 N–H and O–H groups in total. The van der Waals surface area contributed by atoms with E-state index < -0.39 is 11.7 Å². The minimum Gasteiger partial charge on any atom is -0.388 e. The van der Waals surface area contributed by atoms with Gasteiger partial charge < -0.3 is 11.1 Å². The highest BCUT2D eigenvalue weighted by molar-refractivity contribution is 6.43. The molecule has 0 aliphatic carbocycles. The lowest BCUT2D eigenvalue weighted by Crippen LogP contribution is -2.29. The quantitative estimate of drug-likeness (QED) is 0.726. The number of nitrogens with one attached hydrogen (secondary N) is 2. The van der Waals surface area contributed by atoms with Gasteiger partial charge in [-0.1, -0.05) is 29.3 Å². The zero-order chi connectivity index (χ0) is 14.4. The number of urea groups is 1. The highest BCUT2D eigenvalue weighted by atomic mass is 35.5. The number of nitrogens with two attached hydrogens (primary N) is 1. The highest BCUT2D eigenvalue weighted by Gasteiger charge is 2.11. The normalized spacial score (nSPS) is 10.7. The maximum atomic E-state index is 11.6. The van der Waals surface area contributed by atoms with E-state index >= 15 is 0 Å². The standard InChI is InChI=1S/C11H7Cl2N5O/c12-6-2-1-3-8(10(6)13)17-11(19)18-9(5-15)7(16)4-14/h1-3H,16H2,(H2,17,18,19)/b9-7-. The van der Waals surface area contributed by atoms with E-state index in [0.717, 1.165) is 0 Å². The second-order valence-electron chi connectivity index (χ2n) is 3.19. The van der Waals surface area contributed by atoms with Gasteiger partial charge in [-0.3, -0.25) is 5.32 Å². The van der Waals surface area contributed by atoms with Gasteiger partial charge in [-0.05, 0) is 12.1 Å². The van der Waals surface area contributed by atoms with E-state index in [1.807, 2.05) is 0 Å². The van der Waals surface area contributed by atoms with Crippen molar-refractivity contribution in [3.8, 4) is 12.1 Å². The number of carbonyl (C=O) groups excluding carboxylic acids is 1. The van der Waals surface area contributed by atoms with Gasteiger partial charge in [-0.2, -0.15) is 10.5 Å². The Bertz CT molecular complexity index is 627. The van der Waals surface area contributed by atoms with Crippen LogP contribution in [0.5, 0.6) is 0 Å². The molecule has 0 atom stereocenters.